The summed E-state index contributed by atoms with van der Waals surface area (Å²) in [4.78, 5) is 15.3. The van der Waals surface area contributed by atoms with Gasteiger partial charge in [0.1, 0.15) is 0 Å². The van der Waals surface area contributed by atoms with E-state index in [1.165, 1.54) is 0 Å². The van der Waals surface area contributed by atoms with Crippen molar-refractivity contribution in [2.24, 2.45) is 0 Å². The summed E-state index contributed by atoms with van der Waals surface area (Å²) in [6.45, 7) is 2.48. The molecular weight excluding hydrogens is 228 g/mol. The average molecular weight is 242 g/mol. The van der Waals surface area contributed by atoms with E-state index >= 15 is 0 Å². The van der Waals surface area contributed by atoms with Crippen LogP contribution in [0, 0.1) is 0 Å². The fourth-order valence-corrected chi connectivity index (χ4v) is 1.73. The number of hydrogen-bond acceptors (Lipinski definition) is 2. The maximum absolute atomic E-state index is 11.2. The van der Waals surface area contributed by atoms with Crippen molar-refractivity contribution in [1.29, 1.82) is 0 Å². The van der Waals surface area contributed by atoms with Crippen molar-refractivity contribution in [3.63, 3.8) is 0 Å². The number of carbonyl (C=O) groups is 1. The summed E-state index contributed by atoms with van der Waals surface area (Å²) >= 11 is 0. The second kappa shape index (κ2) is 5.31. The van der Waals surface area contributed by atoms with Crippen LogP contribution in [0.4, 0.5) is 0 Å². The standard InChI is InChI=1S/C14H14N2O2/c1-2-16-10-15-12(13(16)14(17)18)9-8-11-6-4-3-5-7-11/h3-10H,2H2,1H3,(H,17,18)/b9-8+. The fourth-order valence-electron chi connectivity index (χ4n) is 1.73. The summed E-state index contributed by atoms with van der Waals surface area (Å²) in [5, 5.41) is 9.17. The van der Waals surface area contributed by atoms with E-state index in [9.17, 15) is 4.79 Å². The van der Waals surface area contributed by atoms with Crippen molar-refractivity contribution in [3.05, 3.63) is 53.6 Å². The first-order valence-electron chi connectivity index (χ1n) is 5.74. The second-order valence-electron chi connectivity index (χ2n) is 3.81. The summed E-state index contributed by atoms with van der Waals surface area (Å²) < 4.78 is 1.62. The maximum Gasteiger partial charge on any atom is 0.354 e. The molecule has 0 bridgehead atoms. The molecular formula is C14H14N2O2. The number of benzene rings is 1. The Hall–Kier alpha value is -2.36. The number of hydrogen-bond donors (Lipinski definition) is 1. The third kappa shape index (κ3) is 2.48. The summed E-state index contributed by atoms with van der Waals surface area (Å²) in [6, 6.07) is 9.71. The SMILES string of the molecule is CCn1cnc(/C=C/c2ccccc2)c1C(=O)O. The van der Waals surface area contributed by atoms with Gasteiger partial charge >= 0.3 is 5.97 Å². The second-order valence-corrected chi connectivity index (χ2v) is 3.81. The van der Waals surface area contributed by atoms with E-state index < -0.39 is 5.97 Å². The molecule has 0 amide bonds. The molecule has 1 aromatic carbocycles. The van der Waals surface area contributed by atoms with Gasteiger partial charge in [-0.1, -0.05) is 36.4 Å². The molecule has 0 saturated carbocycles. The predicted molar refractivity (Wildman–Crippen MR) is 70.2 cm³/mol. The van der Waals surface area contributed by atoms with Gasteiger partial charge in [-0.15, -0.1) is 0 Å². The number of imidazole rings is 1. The van der Waals surface area contributed by atoms with Crippen LogP contribution in [-0.4, -0.2) is 20.6 Å². The molecule has 0 radical (unpaired) electrons. The number of nitrogens with zero attached hydrogens (tertiary/aromatic N) is 2. The molecule has 1 heterocycles. The number of carboxylic acid groups (broad SMARTS) is 1. The van der Waals surface area contributed by atoms with E-state index in [4.69, 9.17) is 5.11 Å². The highest BCUT2D eigenvalue weighted by Crippen LogP contribution is 2.12. The minimum absolute atomic E-state index is 0.227. The quantitative estimate of drug-likeness (QED) is 0.896. The molecule has 0 atom stereocenters. The summed E-state index contributed by atoms with van der Waals surface area (Å²) in [6.07, 6.45) is 5.13. The zero-order chi connectivity index (χ0) is 13.0. The number of aryl methyl sites for hydroxylation is 1. The third-order valence-corrected chi connectivity index (χ3v) is 2.64. The molecule has 2 aromatic rings. The maximum atomic E-state index is 11.2. The Morgan fingerprint density at radius 1 is 1.33 bits per heavy atom. The topological polar surface area (TPSA) is 55.1 Å². The zero-order valence-corrected chi connectivity index (χ0v) is 10.1. The Morgan fingerprint density at radius 2 is 2.06 bits per heavy atom. The lowest BCUT2D eigenvalue weighted by Gasteiger charge is -2.00. The first kappa shape index (κ1) is 12.1. The van der Waals surface area contributed by atoms with E-state index in [0.717, 1.165) is 5.56 Å². The van der Waals surface area contributed by atoms with Crippen molar-refractivity contribution in [2.75, 3.05) is 0 Å². The fraction of sp³-hybridized carbons (Fsp3) is 0.143. The molecule has 0 aliphatic rings. The predicted octanol–water partition coefficient (Wildman–Crippen LogP) is 2.77. The van der Waals surface area contributed by atoms with Gasteiger partial charge in [0.15, 0.2) is 5.69 Å². The van der Waals surface area contributed by atoms with Gasteiger partial charge in [-0.2, -0.15) is 0 Å². The molecule has 0 spiro atoms. The molecule has 0 aliphatic carbocycles. The number of rotatable bonds is 4. The summed E-state index contributed by atoms with van der Waals surface area (Å²) in [5.41, 5.74) is 1.72. The Balaban J connectivity index is 2.32. The van der Waals surface area contributed by atoms with E-state index in [1.807, 2.05) is 43.3 Å². The molecule has 2 rings (SSSR count). The van der Waals surface area contributed by atoms with E-state index in [-0.39, 0.29) is 5.69 Å². The Bertz CT molecular complexity index is 571. The molecule has 4 heteroatoms. The molecule has 0 fully saturated rings. The summed E-state index contributed by atoms with van der Waals surface area (Å²) in [5.74, 6) is -0.956. The molecule has 92 valence electrons. The van der Waals surface area contributed by atoms with Crippen LogP contribution >= 0.6 is 0 Å². The van der Waals surface area contributed by atoms with Crippen LogP contribution in [0.2, 0.25) is 0 Å². The Kier molecular flexibility index (Phi) is 3.57. The molecule has 0 unspecified atom stereocenters. The lowest BCUT2D eigenvalue weighted by Crippen LogP contribution is -2.07. The van der Waals surface area contributed by atoms with E-state index in [1.54, 1.807) is 17.0 Å². The highest BCUT2D eigenvalue weighted by Gasteiger charge is 2.14. The molecule has 0 aliphatic heterocycles. The lowest BCUT2D eigenvalue weighted by atomic mass is 10.2. The van der Waals surface area contributed by atoms with Gasteiger partial charge in [0.2, 0.25) is 0 Å². The van der Waals surface area contributed by atoms with Gasteiger partial charge in [-0.25, -0.2) is 9.78 Å². The average Bonchev–Trinajstić information content (AvgIpc) is 2.80. The number of aromatic nitrogens is 2. The van der Waals surface area contributed by atoms with Crippen molar-refractivity contribution >= 4 is 18.1 Å². The summed E-state index contributed by atoms with van der Waals surface area (Å²) in [7, 11) is 0. The molecule has 1 N–H and O–H groups in total. The Morgan fingerprint density at radius 3 is 2.67 bits per heavy atom. The van der Waals surface area contributed by atoms with Crippen LogP contribution in [-0.2, 0) is 6.54 Å². The van der Waals surface area contributed by atoms with Gasteiger partial charge in [-0.05, 0) is 18.6 Å². The van der Waals surface area contributed by atoms with Crippen LogP contribution < -0.4 is 0 Å². The Labute approximate surface area is 105 Å². The molecule has 4 nitrogen and oxygen atoms in total. The van der Waals surface area contributed by atoms with Crippen LogP contribution in [0.1, 0.15) is 28.7 Å². The van der Waals surface area contributed by atoms with Crippen LogP contribution in [0.3, 0.4) is 0 Å². The smallest absolute Gasteiger partial charge is 0.354 e. The van der Waals surface area contributed by atoms with Gasteiger partial charge in [0.25, 0.3) is 0 Å². The molecule has 1 aromatic heterocycles. The van der Waals surface area contributed by atoms with Gasteiger partial charge in [0, 0.05) is 6.54 Å². The van der Waals surface area contributed by atoms with E-state index in [0.29, 0.717) is 12.2 Å². The largest absolute Gasteiger partial charge is 0.477 e. The van der Waals surface area contributed by atoms with Crippen molar-refractivity contribution in [1.82, 2.24) is 9.55 Å². The highest BCUT2D eigenvalue weighted by atomic mass is 16.4. The molecule has 18 heavy (non-hydrogen) atoms. The minimum atomic E-state index is -0.956. The molecule has 0 saturated heterocycles. The number of aromatic carboxylic acids is 1. The first-order chi connectivity index (χ1) is 8.72. The van der Waals surface area contributed by atoms with Gasteiger partial charge in [-0.3, -0.25) is 0 Å². The monoisotopic (exact) mass is 242 g/mol. The van der Waals surface area contributed by atoms with Crippen molar-refractivity contribution in [3.8, 4) is 0 Å². The third-order valence-electron chi connectivity index (χ3n) is 2.64. The van der Waals surface area contributed by atoms with Crippen molar-refractivity contribution in [2.45, 2.75) is 13.5 Å². The van der Waals surface area contributed by atoms with Gasteiger partial charge < -0.3 is 9.67 Å². The van der Waals surface area contributed by atoms with Gasteiger partial charge in [0.05, 0.1) is 12.0 Å². The normalized spacial score (nSPS) is 10.9. The van der Waals surface area contributed by atoms with E-state index in [2.05, 4.69) is 4.98 Å². The first-order valence-corrected chi connectivity index (χ1v) is 5.74. The lowest BCUT2D eigenvalue weighted by molar-refractivity contribution is 0.0685. The number of carboxylic acids is 1. The van der Waals surface area contributed by atoms with Crippen LogP contribution in [0.15, 0.2) is 36.7 Å². The highest BCUT2D eigenvalue weighted by molar-refractivity contribution is 5.91. The zero-order valence-electron chi connectivity index (χ0n) is 10.1. The van der Waals surface area contributed by atoms with Crippen LogP contribution in [0.25, 0.3) is 12.2 Å². The minimum Gasteiger partial charge on any atom is -0.477 e. The van der Waals surface area contributed by atoms with Crippen molar-refractivity contribution < 1.29 is 9.90 Å². The van der Waals surface area contributed by atoms with Crippen LogP contribution in [0.5, 0.6) is 0 Å².